The molecule has 1 amide bonds. The van der Waals surface area contributed by atoms with Crippen molar-refractivity contribution < 1.29 is 18.8 Å². The lowest BCUT2D eigenvalue weighted by Crippen LogP contribution is -2.54. The molecule has 0 saturated carbocycles. The van der Waals surface area contributed by atoms with E-state index in [0.29, 0.717) is 13.1 Å². The van der Waals surface area contributed by atoms with E-state index in [1.165, 1.54) is 0 Å². The summed E-state index contributed by atoms with van der Waals surface area (Å²) >= 11 is 0. The summed E-state index contributed by atoms with van der Waals surface area (Å²) in [4.78, 5) is 13.6. The zero-order valence-electron chi connectivity index (χ0n) is 14.1. The first-order valence-corrected chi connectivity index (χ1v) is 7.25. The first-order valence-electron chi connectivity index (χ1n) is 7.25. The molecule has 2 saturated heterocycles. The molecule has 2 aliphatic heterocycles. The summed E-state index contributed by atoms with van der Waals surface area (Å²) in [6.07, 6.45) is -0.259. The summed E-state index contributed by atoms with van der Waals surface area (Å²) in [5.41, 5.74) is -1.08. The number of ether oxygens (including phenoxy) is 1. The lowest BCUT2D eigenvalue weighted by molar-refractivity contribution is 0.00578. The topological polar surface area (TPSA) is 48.0 Å². The molecule has 2 fully saturated rings. The number of carbonyl (C=O) groups is 1. The van der Waals surface area contributed by atoms with Crippen LogP contribution in [-0.2, 0) is 14.0 Å². The van der Waals surface area contributed by atoms with Gasteiger partial charge in [-0.15, -0.1) is 0 Å². The van der Waals surface area contributed by atoms with Crippen LogP contribution in [0.5, 0.6) is 0 Å². The molecule has 21 heavy (non-hydrogen) atoms. The summed E-state index contributed by atoms with van der Waals surface area (Å²) in [6.45, 7) is 15.0. The number of carbonyl (C=O) groups excluding carboxylic acids is 1. The summed E-state index contributed by atoms with van der Waals surface area (Å²) in [5, 5.41) is 0. The maximum absolute atomic E-state index is 11.9. The third kappa shape index (κ3) is 3.87. The Balaban J connectivity index is 0.00000220. The van der Waals surface area contributed by atoms with Gasteiger partial charge in [0.2, 0.25) is 0 Å². The number of hydrogen-bond acceptors (Lipinski definition) is 4. The fourth-order valence-corrected chi connectivity index (χ4v) is 2.24. The maximum Gasteiger partial charge on any atom is 0.464 e. The quantitative estimate of drug-likeness (QED) is 0.698. The molecule has 2 heterocycles. The zero-order chi connectivity index (χ0) is 15.3. The molecule has 0 aromatic rings. The van der Waals surface area contributed by atoms with Gasteiger partial charge in [0.15, 0.2) is 0 Å². The van der Waals surface area contributed by atoms with E-state index in [1.807, 2.05) is 48.5 Å². The van der Waals surface area contributed by atoms with Gasteiger partial charge < -0.3 is 18.9 Å². The SMILES string of the molecule is CC(C)(C)OC(=O)N1CC(B2OC(C)(C)C(C)(C)O2)C1.S. The Labute approximate surface area is 135 Å². The third-order valence-corrected chi connectivity index (χ3v) is 4.22. The van der Waals surface area contributed by atoms with E-state index in [9.17, 15) is 4.79 Å². The monoisotopic (exact) mass is 317 g/mol. The Hall–Kier alpha value is -0.395. The van der Waals surface area contributed by atoms with Crippen LogP contribution >= 0.6 is 13.5 Å². The van der Waals surface area contributed by atoms with Gasteiger partial charge >= 0.3 is 13.2 Å². The van der Waals surface area contributed by atoms with Crippen LogP contribution in [0.3, 0.4) is 0 Å². The van der Waals surface area contributed by atoms with E-state index in [2.05, 4.69) is 0 Å². The Kier molecular flexibility index (Phi) is 5.03. The highest BCUT2D eigenvalue weighted by Crippen LogP contribution is 2.42. The van der Waals surface area contributed by atoms with Crippen LogP contribution in [0.4, 0.5) is 4.79 Å². The minimum absolute atomic E-state index is 0. The minimum Gasteiger partial charge on any atom is -0.444 e. The van der Waals surface area contributed by atoms with Crippen molar-refractivity contribution in [1.82, 2.24) is 4.90 Å². The second-order valence-corrected chi connectivity index (χ2v) is 7.77. The minimum atomic E-state index is -0.452. The summed E-state index contributed by atoms with van der Waals surface area (Å²) < 4.78 is 17.3. The third-order valence-electron chi connectivity index (χ3n) is 4.22. The molecule has 0 aromatic heterocycles. The molecule has 0 bridgehead atoms. The number of amides is 1. The molecular formula is C14H28BNO4S. The molecule has 2 aliphatic rings. The van der Waals surface area contributed by atoms with Gasteiger partial charge in [-0.05, 0) is 48.5 Å². The van der Waals surface area contributed by atoms with Crippen molar-refractivity contribution in [3.05, 3.63) is 0 Å². The van der Waals surface area contributed by atoms with Crippen LogP contribution in [0.1, 0.15) is 48.5 Å². The molecule has 0 atom stereocenters. The molecule has 0 N–H and O–H groups in total. The smallest absolute Gasteiger partial charge is 0.444 e. The molecule has 5 nitrogen and oxygen atoms in total. The Morgan fingerprint density at radius 1 is 1.14 bits per heavy atom. The summed E-state index contributed by atoms with van der Waals surface area (Å²) in [5.74, 6) is 0.226. The van der Waals surface area contributed by atoms with Crippen molar-refractivity contribution in [2.45, 2.75) is 71.1 Å². The van der Waals surface area contributed by atoms with Crippen molar-refractivity contribution in [3.8, 4) is 0 Å². The predicted octanol–water partition coefficient (Wildman–Crippen LogP) is 2.81. The van der Waals surface area contributed by atoms with E-state index in [0.717, 1.165) is 0 Å². The molecule has 0 unspecified atom stereocenters. The average Bonchev–Trinajstić information content (AvgIpc) is 2.28. The first kappa shape index (κ1) is 18.7. The van der Waals surface area contributed by atoms with Gasteiger partial charge in [-0.25, -0.2) is 4.79 Å². The van der Waals surface area contributed by atoms with Crippen molar-refractivity contribution >= 4 is 26.7 Å². The molecule has 122 valence electrons. The molecule has 0 radical (unpaired) electrons. The summed E-state index contributed by atoms with van der Waals surface area (Å²) in [7, 11) is -0.237. The number of hydrogen-bond donors (Lipinski definition) is 0. The van der Waals surface area contributed by atoms with Crippen LogP contribution in [-0.4, -0.2) is 48.0 Å². The van der Waals surface area contributed by atoms with Gasteiger partial charge in [0.25, 0.3) is 0 Å². The Morgan fingerprint density at radius 3 is 1.95 bits per heavy atom. The number of rotatable bonds is 1. The number of likely N-dealkylation sites (tertiary alicyclic amines) is 1. The summed E-state index contributed by atoms with van der Waals surface area (Å²) in [6, 6.07) is 0. The highest BCUT2D eigenvalue weighted by atomic mass is 32.1. The largest absolute Gasteiger partial charge is 0.464 e. The fourth-order valence-electron chi connectivity index (χ4n) is 2.24. The number of nitrogens with zero attached hydrogens (tertiary/aromatic N) is 1. The van der Waals surface area contributed by atoms with Gasteiger partial charge in [-0.1, -0.05) is 0 Å². The lowest BCUT2D eigenvalue weighted by atomic mass is 9.67. The lowest BCUT2D eigenvalue weighted by Gasteiger charge is -2.40. The van der Waals surface area contributed by atoms with Crippen LogP contribution in [0.25, 0.3) is 0 Å². The molecule has 0 aromatic carbocycles. The van der Waals surface area contributed by atoms with Crippen LogP contribution in [0.2, 0.25) is 5.82 Å². The molecule has 0 spiro atoms. The van der Waals surface area contributed by atoms with Crippen molar-refractivity contribution in [2.75, 3.05) is 13.1 Å². The van der Waals surface area contributed by atoms with E-state index < -0.39 is 5.60 Å². The van der Waals surface area contributed by atoms with Crippen LogP contribution in [0.15, 0.2) is 0 Å². The van der Waals surface area contributed by atoms with E-state index in [4.69, 9.17) is 14.0 Å². The van der Waals surface area contributed by atoms with Gasteiger partial charge in [-0.2, -0.15) is 13.5 Å². The Morgan fingerprint density at radius 2 is 1.57 bits per heavy atom. The van der Waals surface area contributed by atoms with Crippen LogP contribution in [0, 0.1) is 0 Å². The van der Waals surface area contributed by atoms with E-state index in [-0.39, 0.29) is 43.7 Å². The van der Waals surface area contributed by atoms with E-state index in [1.54, 1.807) is 4.90 Å². The van der Waals surface area contributed by atoms with Gasteiger partial charge in [0.05, 0.1) is 11.2 Å². The van der Waals surface area contributed by atoms with E-state index >= 15 is 0 Å². The first-order chi connectivity index (χ1) is 8.91. The normalized spacial score (nSPS) is 24.3. The van der Waals surface area contributed by atoms with Crippen LogP contribution < -0.4 is 0 Å². The molecule has 2 rings (SSSR count). The predicted molar refractivity (Wildman–Crippen MR) is 88.0 cm³/mol. The highest BCUT2D eigenvalue weighted by Gasteiger charge is 2.56. The van der Waals surface area contributed by atoms with Gasteiger partial charge in [0, 0.05) is 18.9 Å². The van der Waals surface area contributed by atoms with Gasteiger partial charge in [-0.3, -0.25) is 0 Å². The molecular weight excluding hydrogens is 289 g/mol. The second kappa shape index (κ2) is 5.67. The standard InChI is InChI=1S/C14H26BNO4.H2S/c1-12(2,3)18-11(17)16-8-10(9-16)15-19-13(4,5)14(6,7)20-15;/h10H,8-9H2,1-7H3;1H2. The molecule has 7 heteroatoms. The van der Waals surface area contributed by atoms with Crippen molar-refractivity contribution in [1.29, 1.82) is 0 Å². The van der Waals surface area contributed by atoms with Crippen molar-refractivity contribution in [3.63, 3.8) is 0 Å². The Bertz CT molecular complexity index is 386. The zero-order valence-corrected chi connectivity index (χ0v) is 15.1. The highest BCUT2D eigenvalue weighted by molar-refractivity contribution is 7.59. The average molecular weight is 317 g/mol. The molecule has 0 aliphatic carbocycles. The van der Waals surface area contributed by atoms with Gasteiger partial charge in [0.1, 0.15) is 5.60 Å². The fraction of sp³-hybridized carbons (Fsp3) is 0.929. The van der Waals surface area contributed by atoms with Crippen molar-refractivity contribution in [2.24, 2.45) is 0 Å². The second-order valence-electron chi connectivity index (χ2n) is 7.77. The maximum atomic E-state index is 11.9.